The largest absolute Gasteiger partial charge is 0.481 e. The van der Waals surface area contributed by atoms with Gasteiger partial charge in [-0.1, -0.05) is 55.0 Å². The van der Waals surface area contributed by atoms with E-state index in [1.54, 1.807) is 6.92 Å². The standard InChI is InChI=1S/C19H23NO2/c1-4-18(16-8-6-5-7-9-16)20-19(21)15(3)22-17-12-10-14(2)11-13-17/h5-13,15,18H,4H2,1-3H3,(H,20,21)/t15-,18-/m1/s1. The molecule has 22 heavy (non-hydrogen) atoms. The molecule has 0 spiro atoms. The van der Waals surface area contributed by atoms with Crippen molar-refractivity contribution in [3.8, 4) is 5.75 Å². The molecule has 2 rings (SSSR count). The van der Waals surface area contributed by atoms with E-state index in [0.29, 0.717) is 5.75 Å². The third kappa shape index (κ3) is 4.35. The zero-order valence-corrected chi connectivity index (χ0v) is 13.4. The molecule has 3 heteroatoms. The summed E-state index contributed by atoms with van der Waals surface area (Å²) in [7, 11) is 0. The predicted octanol–water partition coefficient (Wildman–Crippen LogP) is 4.03. The molecule has 0 radical (unpaired) electrons. The van der Waals surface area contributed by atoms with Gasteiger partial charge in [0.2, 0.25) is 0 Å². The Bertz CT molecular complexity index is 593. The summed E-state index contributed by atoms with van der Waals surface area (Å²) in [5, 5.41) is 3.05. The molecule has 0 fully saturated rings. The molecule has 2 atom stereocenters. The molecule has 0 aliphatic carbocycles. The van der Waals surface area contributed by atoms with Crippen molar-refractivity contribution in [1.29, 1.82) is 0 Å². The number of hydrogen-bond donors (Lipinski definition) is 1. The number of nitrogens with one attached hydrogen (secondary N) is 1. The molecule has 0 saturated heterocycles. The van der Waals surface area contributed by atoms with Crippen LogP contribution in [0.4, 0.5) is 0 Å². The number of ether oxygens (including phenoxy) is 1. The van der Waals surface area contributed by atoms with E-state index < -0.39 is 6.10 Å². The van der Waals surface area contributed by atoms with Gasteiger partial charge in [0.05, 0.1) is 6.04 Å². The molecule has 0 saturated carbocycles. The van der Waals surface area contributed by atoms with Crippen LogP contribution < -0.4 is 10.1 Å². The molecule has 3 nitrogen and oxygen atoms in total. The normalized spacial score (nSPS) is 13.2. The monoisotopic (exact) mass is 297 g/mol. The van der Waals surface area contributed by atoms with Crippen molar-refractivity contribution >= 4 is 5.91 Å². The maximum absolute atomic E-state index is 12.3. The number of hydrogen-bond acceptors (Lipinski definition) is 2. The summed E-state index contributed by atoms with van der Waals surface area (Å²) >= 11 is 0. The zero-order valence-electron chi connectivity index (χ0n) is 13.4. The fourth-order valence-electron chi connectivity index (χ4n) is 2.27. The number of amides is 1. The molecule has 116 valence electrons. The lowest BCUT2D eigenvalue weighted by Gasteiger charge is -2.21. The molecular weight excluding hydrogens is 274 g/mol. The predicted molar refractivity (Wildman–Crippen MR) is 88.9 cm³/mol. The SMILES string of the molecule is CC[C@@H](NC(=O)[C@@H](C)Oc1ccc(C)cc1)c1ccccc1. The first-order chi connectivity index (χ1) is 10.6. The highest BCUT2D eigenvalue weighted by Gasteiger charge is 2.19. The Labute approximate surface area is 132 Å². The van der Waals surface area contributed by atoms with Gasteiger partial charge >= 0.3 is 0 Å². The van der Waals surface area contributed by atoms with Crippen LogP contribution in [0.1, 0.15) is 37.4 Å². The first kappa shape index (κ1) is 16.1. The highest BCUT2D eigenvalue weighted by atomic mass is 16.5. The van der Waals surface area contributed by atoms with Gasteiger partial charge in [0, 0.05) is 0 Å². The maximum atomic E-state index is 12.3. The minimum absolute atomic E-state index is 0.0118. The average molecular weight is 297 g/mol. The minimum atomic E-state index is -0.527. The van der Waals surface area contributed by atoms with Gasteiger partial charge in [0.25, 0.3) is 5.91 Å². The van der Waals surface area contributed by atoms with Gasteiger partial charge in [0.1, 0.15) is 5.75 Å². The molecule has 2 aromatic carbocycles. The minimum Gasteiger partial charge on any atom is -0.481 e. The van der Waals surface area contributed by atoms with Crippen LogP contribution in [-0.4, -0.2) is 12.0 Å². The van der Waals surface area contributed by atoms with Crippen LogP contribution >= 0.6 is 0 Å². The number of aryl methyl sites for hydroxylation is 1. The van der Waals surface area contributed by atoms with Crippen LogP contribution in [0.15, 0.2) is 54.6 Å². The lowest BCUT2D eigenvalue weighted by Crippen LogP contribution is -2.38. The number of rotatable bonds is 6. The highest BCUT2D eigenvalue weighted by Crippen LogP contribution is 2.17. The summed E-state index contributed by atoms with van der Waals surface area (Å²) in [5.74, 6) is 0.609. The number of carbonyl (C=O) groups excluding carboxylic acids is 1. The summed E-state index contributed by atoms with van der Waals surface area (Å²) in [6.45, 7) is 5.85. The smallest absolute Gasteiger partial charge is 0.261 e. The van der Waals surface area contributed by atoms with Crippen molar-refractivity contribution in [3.63, 3.8) is 0 Å². The molecule has 0 bridgehead atoms. The van der Waals surface area contributed by atoms with Crippen molar-refractivity contribution < 1.29 is 9.53 Å². The first-order valence-corrected chi connectivity index (χ1v) is 7.68. The third-order valence-electron chi connectivity index (χ3n) is 3.63. The number of benzene rings is 2. The molecular formula is C19H23NO2. The van der Waals surface area contributed by atoms with E-state index in [9.17, 15) is 4.79 Å². The second-order valence-corrected chi connectivity index (χ2v) is 5.45. The van der Waals surface area contributed by atoms with Gasteiger partial charge in [-0.2, -0.15) is 0 Å². The van der Waals surface area contributed by atoms with E-state index >= 15 is 0 Å². The third-order valence-corrected chi connectivity index (χ3v) is 3.63. The molecule has 0 aromatic heterocycles. The van der Waals surface area contributed by atoms with Crippen molar-refractivity contribution in [2.45, 2.75) is 39.3 Å². The lowest BCUT2D eigenvalue weighted by atomic mass is 10.0. The average Bonchev–Trinajstić information content (AvgIpc) is 2.55. The summed E-state index contributed by atoms with van der Waals surface area (Å²) < 4.78 is 5.70. The van der Waals surface area contributed by atoms with E-state index in [2.05, 4.69) is 12.2 Å². The summed E-state index contributed by atoms with van der Waals surface area (Å²) in [6, 6.07) is 17.7. The maximum Gasteiger partial charge on any atom is 0.261 e. The van der Waals surface area contributed by atoms with E-state index in [0.717, 1.165) is 12.0 Å². The summed E-state index contributed by atoms with van der Waals surface area (Å²) in [5.41, 5.74) is 2.28. The molecule has 0 heterocycles. The zero-order chi connectivity index (χ0) is 15.9. The Balaban J connectivity index is 1.96. The Kier molecular flexibility index (Phi) is 5.59. The summed E-state index contributed by atoms with van der Waals surface area (Å²) in [4.78, 5) is 12.3. The van der Waals surface area contributed by atoms with Crippen LogP contribution in [0.2, 0.25) is 0 Å². The molecule has 0 aliphatic heterocycles. The second kappa shape index (κ2) is 7.64. The van der Waals surface area contributed by atoms with Gasteiger partial charge in [-0.15, -0.1) is 0 Å². The van der Waals surface area contributed by atoms with E-state index in [1.165, 1.54) is 5.56 Å². The van der Waals surface area contributed by atoms with Crippen molar-refractivity contribution in [3.05, 3.63) is 65.7 Å². The Hall–Kier alpha value is -2.29. The quantitative estimate of drug-likeness (QED) is 0.874. The molecule has 1 amide bonds. The molecule has 1 N–H and O–H groups in total. The van der Waals surface area contributed by atoms with E-state index in [1.807, 2.05) is 61.5 Å². The van der Waals surface area contributed by atoms with E-state index in [-0.39, 0.29) is 11.9 Å². The Morgan fingerprint density at radius 2 is 1.73 bits per heavy atom. The Morgan fingerprint density at radius 1 is 1.09 bits per heavy atom. The van der Waals surface area contributed by atoms with Gasteiger partial charge in [0.15, 0.2) is 6.10 Å². The lowest BCUT2D eigenvalue weighted by molar-refractivity contribution is -0.128. The van der Waals surface area contributed by atoms with Crippen LogP contribution in [0.3, 0.4) is 0 Å². The fourth-order valence-corrected chi connectivity index (χ4v) is 2.27. The van der Waals surface area contributed by atoms with Gasteiger partial charge in [-0.05, 0) is 38.0 Å². The van der Waals surface area contributed by atoms with E-state index in [4.69, 9.17) is 4.74 Å². The van der Waals surface area contributed by atoms with Crippen LogP contribution in [0, 0.1) is 6.92 Å². The first-order valence-electron chi connectivity index (χ1n) is 7.68. The van der Waals surface area contributed by atoms with Crippen molar-refractivity contribution in [2.24, 2.45) is 0 Å². The van der Waals surface area contributed by atoms with Gasteiger partial charge in [-0.25, -0.2) is 0 Å². The topological polar surface area (TPSA) is 38.3 Å². The van der Waals surface area contributed by atoms with Crippen molar-refractivity contribution in [2.75, 3.05) is 0 Å². The second-order valence-electron chi connectivity index (χ2n) is 5.45. The molecule has 0 aliphatic rings. The van der Waals surface area contributed by atoms with Gasteiger partial charge < -0.3 is 10.1 Å². The molecule has 0 unspecified atom stereocenters. The van der Waals surface area contributed by atoms with Crippen molar-refractivity contribution in [1.82, 2.24) is 5.32 Å². The highest BCUT2D eigenvalue weighted by molar-refractivity contribution is 5.81. The fraction of sp³-hybridized carbons (Fsp3) is 0.316. The Morgan fingerprint density at radius 3 is 2.32 bits per heavy atom. The van der Waals surface area contributed by atoms with Crippen LogP contribution in [0.5, 0.6) is 5.75 Å². The van der Waals surface area contributed by atoms with Gasteiger partial charge in [-0.3, -0.25) is 4.79 Å². The summed E-state index contributed by atoms with van der Waals surface area (Å²) in [6.07, 6.45) is 0.313. The molecule has 2 aromatic rings. The number of carbonyl (C=O) groups is 1. The van der Waals surface area contributed by atoms with Crippen LogP contribution in [-0.2, 0) is 4.79 Å². The van der Waals surface area contributed by atoms with Crippen LogP contribution in [0.25, 0.3) is 0 Å².